The monoisotopic (exact) mass is 280 g/mol. The predicted molar refractivity (Wildman–Crippen MR) is 62.7 cm³/mol. The number of hydrogen-bond donors (Lipinski definition) is 1. The topological polar surface area (TPSA) is 41.6 Å². The second-order valence-corrected chi connectivity index (χ2v) is 6.34. The molecule has 19 heavy (non-hydrogen) atoms. The number of carbonyl (C=O) groups is 1. The summed E-state index contributed by atoms with van der Waals surface area (Å²) in [6.07, 6.45) is -4.97. The lowest BCUT2D eigenvalue weighted by molar-refractivity contribution is -0.220. The van der Waals surface area contributed by atoms with Crippen molar-refractivity contribution in [1.29, 1.82) is 0 Å². The molecule has 2 aliphatic heterocycles. The van der Waals surface area contributed by atoms with Gasteiger partial charge in [0.15, 0.2) is 0 Å². The van der Waals surface area contributed by atoms with Crippen molar-refractivity contribution in [3.8, 4) is 0 Å². The fourth-order valence-electron chi connectivity index (χ4n) is 2.79. The van der Waals surface area contributed by atoms with E-state index in [9.17, 15) is 18.0 Å². The molecule has 0 radical (unpaired) electrons. The summed E-state index contributed by atoms with van der Waals surface area (Å²) < 4.78 is 44.9. The van der Waals surface area contributed by atoms with Crippen molar-refractivity contribution in [2.24, 2.45) is 11.3 Å². The highest BCUT2D eigenvalue weighted by Gasteiger charge is 2.65. The molecule has 110 valence electrons. The van der Waals surface area contributed by atoms with Gasteiger partial charge in [0.1, 0.15) is 11.0 Å². The normalized spacial score (nSPS) is 31.5. The Balaban J connectivity index is 2.12. The molecule has 2 unspecified atom stereocenters. The molecule has 0 bridgehead atoms. The lowest BCUT2D eigenvalue weighted by Gasteiger charge is -2.30. The molecule has 4 nitrogen and oxygen atoms in total. The molecule has 1 N–H and O–H groups in total. The summed E-state index contributed by atoms with van der Waals surface area (Å²) in [5.74, 6) is -0.583. The highest BCUT2D eigenvalue weighted by molar-refractivity contribution is 5.68. The van der Waals surface area contributed by atoms with Crippen LogP contribution in [-0.2, 0) is 4.74 Å². The van der Waals surface area contributed by atoms with Crippen molar-refractivity contribution in [3.05, 3.63) is 0 Å². The minimum absolute atomic E-state index is 0.0986. The molecule has 0 aromatic carbocycles. The number of hydrogen-bond acceptors (Lipinski definition) is 3. The SMILES string of the molecule is CC(C)(C)OC(=O)N1CC2CNCC2(C(F)(F)F)C1. The summed E-state index contributed by atoms with van der Waals surface area (Å²) in [4.78, 5) is 13.1. The smallest absolute Gasteiger partial charge is 0.410 e. The number of rotatable bonds is 0. The maximum Gasteiger partial charge on any atom is 0.410 e. The van der Waals surface area contributed by atoms with Crippen molar-refractivity contribution in [3.63, 3.8) is 0 Å². The number of nitrogens with zero attached hydrogens (tertiary/aromatic N) is 1. The molecule has 0 aliphatic carbocycles. The lowest BCUT2D eigenvalue weighted by Crippen LogP contribution is -2.46. The number of carbonyl (C=O) groups excluding carboxylic acids is 1. The molecular formula is C12H19F3N2O2. The van der Waals surface area contributed by atoms with Gasteiger partial charge in [-0.2, -0.15) is 13.2 Å². The van der Waals surface area contributed by atoms with Crippen LogP contribution in [-0.4, -0.2) is 48.9 Å². The van der Waals surface area contributed by atoms with Crippen molar-refractivity contribution < 1.29 is 22.7 Å². The van der Waals surface area contributed by atoms with E-state index in [1.54, 1.807) is 20.8 Å². The first-order valence-electron chi connectivity index (χ1n) is 6.30. The van der Waals surface area contributed by atoms with Crippen LogP contribution in [0.2, 0.25) is 0 Å². The zero-order valence-electron chi connectivity index (χ0n) is 11.3. The molecule has 2 heterocycles. The number of alkyl halides is 3. The van der Waals surface area contributed by atoms with Crippen LogP contribution in [0.25, 0.3) is 0 Å². The van der Waals surface area contributed by atoms with Crippen LogP contribution in [0.5, 0.6) is 0 Å². The average molecular weight is 280 g/mol. The Bertz CT molecular complexity index is 378. The fourth-order valence-corrected chi connectivity index (χ4v) is 2.79. The van der Waals surface area contributed by atoms with Gasteiger partial charge in [0.25, 0.3) is 0 Å². The Kier molecular flexibility index (Phi) is 3.24. The van der Waals surface area contributed by atoms with Crippen LogP contribution in [0.1, 0.15) is 20.8 Å². The van der Waals surface area contributed by atoms with Crippen LogP contribution in [0, 0.1) is 11.3 Å². The zero-order valence-corrected chi connectivity index (χ0v) is 11.3. The van der Waals surface area contributed by atoms with E-state index in [4.69, 9.17) is 4.74 Å². The van der Waals surface area contributed by atoms with Crippen LogP contribution in [0.4, 0.5) is 18.0 Å². The zero-order chi connectivity index (χ0) is 14.5. The third-order valence-corrected chi connectivity index (χ3v) is 3.74. The molecule has 0 saturated carbocycles. The summed E-state index contributed by atoms with van der Waals surface area (Å²) >= 11 is 0. The standard InChI is InChI=1S/C12H19F3N2O2/c1-10(2,3)19-9(18)17-5-8-4-16-6-11(8,7-17)12(13,14)15/h8,16H,4-7H2,1-3H3. The van der Waals surface area contributed by atoms with Gasteiger partial charge in [0, 0.05) is 32.1 Å². The number of nitrogens with one attached hydrogen (secondary N) is 1. The highest BCUT2D eigenvalue weighted by Crippen LogP contribution is 2.50. The van der Waals surface area contributed by atoms with Gasteiger partial charge in [-0.3, -0.25) is 0 Å². The van der Waals surface area contributed by atoms with Gasteiger partial charge in [-0.15, -0.1) is 0 Å². The van der Waals surface area contributed by atoms with Crippen molar-refractivity contribution in [2.45, 2.75) is 32.5 Å². The number of likely N-dealkylation sites (tertiary alicyclic amines) is 1. The molecular weight excluding hydrogens is 261 g/mol. The largest absolute Gasteiger partial charge is 0.444 e. The summed E-state index contributed by atoms with van der Waals surface area (Å²) in [6, 6.07) is 0. The summed E-state index contributed by atoms with van der Waals surface area (Å²) in [5, 5.41) is 2.78. The van der Waals surface area contributed by atoms with E-state index in [1.807, 2.05) is 0 Å². The third-order valence-electron chi connectivity index (χ3n) is 3.74. The maximum absolute atomic E-state index is 13.3. The Morgan fingerprint density at radius 3 is 2.47 bits per heavy atom. The van der Waals surface area contributed by atoms with Crippen LogP contribution in [0.3, 0.4) is 0 Å². The Hall–Kier alpha value is -0.980. The van der Waals surface area contributed by atoms with Crippen LogP contribution in [0.15, 0.2) is 0 Å². The predicted octanol–water partition coefficient (Wildman–Crippen LogP) is 2.01. The molecule has 2 aliphatic rings. The van der Waals surface area contributed by atoms with Gasteiger partial charge in [0.05, 0.1) is 0 Å². The minimum Gasteiger partial charge on any atom is -0.444 e. The summed E-state index contributed by atoms with van der Waals surface area (Å²) in [6.45, 7) is 5.04. The fraction of sp³-hybridized carbons (Fsp3) is 0.917. The number of amides is 1. The quantitative estimate of drug-likeness (QED) is 0.738. The van der Waals surface area contributed by atoms with Gasteiger partial charge >= 0.3 is 12.3 Å². The highest BCUT2D eigenvalue weighted by atomic mass is 19.4. The molecule has 1 amide bonds. The van der Waals surface area contributed by atoms with E-state index >= 15 is 0 Å². The van der Waals surface area contributed by atoms with E-state index in [-0.39, 0.29) is 19.6 Å². The lowest BCUT2D eigenvalue weighted by atomic mass is 9.80. The maximum atomic E-state index is 13.3. The molecule has 0 aromatic rings. The van der Waals surface area contributed by atoms with E-state index in [1.165, 1.54) is 4.90 Å². The van der Waals surface area contributed by atoms with Gasteiger partial charge in [-0.1, -0.05) is 0 Å². The van der Waals surface area contributed by atoms with Gasteiger partial charge < -0.3 is 15.0 Å². The summed E-state index contributed by atoms with van der Waals surface area (Å²) in [7, 11) is 0. The third kappa shape index (κ3) is 2.52. The first kappa shape index (κ1) is 14.4. The van der Waals surface area contributed by atoms with Crippen molar-refractivity contribution in [2.75, 3.05) is 26.2 Å². The second-order valence-electron chi connectivity index (χ2n) is 6.34. The number of halogens is 3. The van der Waals surface area contributed by atoms with Crippen LogP contribution < -0.4 is 5.32 Å². The molecule has 0 spiro atoms. The molecule has 0 aromatic heterocycles. The molecule has 2 rings (SSSR count). The molecule has 7 heteroatoms. The van der Waals surface area contributed by atoms with E-state index < -0.39 is 29.2 Å². The first-order chi connectivity index (χ1) is 8.55. The minimum atomic E-state index is -4.31. The Morgan fingerprint density at radius 1 is 1.37 bits per heavy atom. The Morgan fingerprint density at radius 2 is 2.00 bits per heavy atom. The first-order valence-corrected chi connectivity index (χ1v) is 6.30. The average Bonchev–Trinajstić information content (AvgIpc) is 2.68. The van der Waals surface area contributed by atoms with Crippen LogP contribution >= 0.6 is 0 Å². The Labute approximate surface area is 110 Å². The molecule has 2 fully saturated rings. The number of fused-ring (bicyclic) bond motifs is 1. The van der Waals surface area contributed by atoms with E-state index in [0.717, 1.165) is 0 Å². The molecule has 2 saturated heterocycles. The van der Waals surface area contributed by atoms with Crippen molar-refractivity contribution >= 4 is 6.09 Å². The van der Waals surface area contributed by atoms with Gasteiger partial charge in [0.2, 0.25) is 0 Å². The van der Waals surface area contributed by atoms with Gasteiger partial charge in [-0.25, -0.2) is 4.79 Å². The van der Waals surface area contributed by atoms with Crippen molar-refractivity contribution in [1.82, 2.24) is 10.2 Å². The van der Waals surface area contributed by atoms with E-state index in [2.05, 4.69) is 5.32 Å². The second kappa shape index (κ2) is 4.26. The summed E-state index contributed by atoms with van der Waals surface area (Å²) in [5.41, 5.74) is -2.51. The van der Waals surface area contributed by atoms with E-state index in [0.29, 0.717) is 6.54 Å². The number of ether oxygens (including phenoxy) is 1. The molecule has 2 atom stereocenters. The van der Waals surface area contributed by atoms with Gasteiger partial charge in [-0.05, 0) is 20.8 Å².